The average molecular weight is 402 g/mol. The Hall–Kier alpha value is -2.45. The lowest BCUT2D eigenvalue weighted by Gasteiger charge is -2.37. The monoisotopic (exact) mass is 402 g/mol. The minimum absolute atomic E-state index is 0.137. The minimum Gasteiger partial charge on any atom is -0.457 e. The zero-order valence-corrected chi connectivity index (χ0v) is 17.6. The van der Waals surface area contributed by atoms with Crippen LogP contribution in [-0.4, -0.2) is 71.3 Å². The Bertz CT molecular complexity index is 781. The number of morpholine rings is 1. The third-order valence-electron chi connectivity index (χ3n) is 4.83. The van der Waals surface area contributed by atoms with Crippen LogP contribution < -0.4 is 5.32 Å². The number of carbonyl (C=O) groups excluding carboxylic acids is 2. The van der Waals surface area contributed by atoms with Gasteiger partial charge in [-0.15, -0.1) is 0 Å². The molecule has 1 aromatic rings. The number of nitrogens with one attached hydrogen (secondary N) is 1. The molecule has 0 aromatic carbocycles. The lowest BCUT2D eigenvalue weighted by Crippen LogP contribution is -2.50. The second-order valence-electron chi connectivity index (χ2n) is 8.45. The maximum atomic E-state index is 12.5. The summed E-state index contributed by atoms with van der Waals surface area (Å²) in [6, 6.07) is 2.05. The fourth-order valence-corrected chi connectivity index (χ4v) is 3.41. The minimum atomic E-state index is -0.530. The molecule has 1 fully saturated rings. The number of nitrogens with zero attached hydrogens (tertiary/aromatic N) is 3. The van der Waals surface area contributed by atoms with Gasteiger partial charge in [-0.1, -0.05) is 0 Å². The van der Waals surface area contributed by atoms with Gasteiger partial charge in [-0.25, -0.2) is 14.6 Å². The van der Waals surface area contributed by atoms with Crippen molar-refractivity contribution >= 4 is 23.9 Å². The molecule has 0 saturated carbocycles. The Morgan fingerprint density at radius 2 is 2.10 bits per heavy atom. The topological polar surface area (TPSA) is 84.0 Å². The molecular formula is C21H30N4O4. The molecule has 1 atom stereocenters. The molecule has 0 aliphatic carbocycles. The highest BCUT2D eigenvalue weighted by Gasteiger charge is 2.27. The number of pyridine rings is 1. The van der Waals surface area contributed by atoms with Crippen LogP contribution in [0.5, 0.6) is 0 Å². The van der Waals surface area contributed by atoms with Crippen LogP contribution in [0.15, 0.2) is 18.3 Å². The number of hydrogen-bond donors (Lipinski definition) is 1. The molecule has 2 aliphatic rings. The Morgan fingerprint density at radius 1 is 1.38 bits per heavy atom. The normalized spacial score (nSPS) is 19.0. The van der Waals surface area contributed by atoms with Crippen LogP contribution in [0.4, 0.5) is 10.6 Å². The fraction of sp³-hybridized carbons (Fsp3) is 0.571. The zero-order chi connectivity index (χ0) is 21.0. The van der Waals surface area contributed by atoms with E-state index >= 15 is 0 Å². The van der Waals surface area contributed by atoms with Gasteiger partial charge in [0.2, 0.25) is 0 Å². The van der Waals surface area contributed by atoms with Crippen molar-refractivity contribution in [3.63, 3.8) is 0 Å². The first kappa shape index (κ1) is 21.3. The van der Waals surface area contributed by atoms with Crippen molar-refractivity contribution in [1.82, 2.24) is 14.8 Å². The predicted octanol–water partition coefficient (Wildman–Crippen LogP) is 2.50. The lowest BCUT2D eigenvalue weighted by atomic mass is 10.1. The van der Waals surface area contributed by atoms with Crippen LogP contribution in [0.25, 0.3) is 6.08 Å². The molecule has 29 heavy (non-hydrogen) atoms. The number of fused-ring (bicyclic) bond motifs is 1. The van der Waals surface area contributed by atoms with E-state index in [1.807, 2.05) is 26.8 Å². The van der Waals surface area contributed by atoms with E-state index < -0.39 is 11.6 Å². The van der Waals surface area contributed by atoms with Gasteiger partial charge >= 0.3 is 12.0 Å². The summed E-state index contributed by atoms with van der Waals surface area (Å²) < 4.78 is 10.7. The number of carbonyl (C=O) groups is 2. The lowest BCUT2D eigenvalue weighted by molar-refractivity contribution is -0.148. The Balaban J connectivity index is 1.65. The summed E-state index contributed by atoms with van der Waals surface area (Å²) in [7, 11) is 0. The van der Waals surface area contributed by atoms with Crippen LogP contribution in [0.2, 0.25) is 0 Å². The summed E-state index contributed by atoms with van der Waals surface area (Å²) >= 11 is 0. The van der Waals surface area contributed by atoms with Gasteiger partial charge in [-0.2, -0.15) is 0 Å². The average Bonchev–Trinajstić information content (AvgIpc) is 2.66. The van der Waals surface area contributed by atoms with Gasteiger partial charge < -0.3 is 14.4 Å². The van der Waals surface area contributed by atoms with Crippen LogP contribution in [0.3, 0.4) is 0 Å². The molecule has 3 heterocycles. The van der Waals surface area contributed by atoms with Crippen molar-refractivity contribution in [2.75, 3.05) is 38.2 Å². The number of urea groups is 1. The molecule has 8 nitrogen and oxygen atoms in total. The van der Waals surface area contributed by atoms with E-state index in [1.165, 1.54) is 6.08 Å². The number of aromatic nitrogens is 1. The molecule has 1 saturated heterocycles. The van der Waals surface area contributed by atoms with Crippen LogP contribution in [0.1, 0.15) is 38.8 Å². The summed E-state index contributed by atoms with van der Waals surface area (Å²) in [6.45, 7) is 12.0. The number of rotatable bonds is 5. The first-order chi connectivity index (χ1) is 13.7. The first-order valence-corrected chi connectivity index (χ1v) is 9.99. The van der Waals surface area contributed by atoms with Crippen molar-refractivity contribution in [2.24, 2.45) is 0 Å². The van der Waals surface area contributed by atoms with Crippen LogP contribution >= 0.6 is 0 Å². The van der Waals surface area contributed by atoms with E-state index in [2.05, 4.69) is 22.1 Å². The molecule has 0 radical (unpaired) electrons. The Labute approximate surface area is 171 Å². The van der Waals surface area contributed by atoms with Gasteiger partial charge in [0.15, 0.2) is 0 Å². The number of esters is 1. The summed E-state index contributed by atoms with van der Waals surface area (Å²) in [5.74, 6) is 0.171. The van der Waals surface area contributed by atoms with Crippen LogP contribution in [-0.2, 0) is 20.8 Å². The van der Waals surface area contributed by atoms with Gasteiger partial charge in [-0.3, -0.25) is 10.2 Å². The highest BCUT2D eigenvalue weighted by molar-refractivity contribution is 5.91. The Kier molecular flexibility index (Phi) is 6.54. The molecule has 2 aliphatic heterocycles. The zero-order valence-electron chi connectivity index (χ0n) is 17.6. The molecule has 1 aromatic heterocycles. The molecule has 3 rings (SSSR count). The number of ether oxygens (including phenoxy) is 2. The maximum Gasteiger partial charge on any atom is 0.331 e. The van der Waals surface area contributed by atoms with E-state index in [0.717, 1.165) is 37.4 Å². The predicted molar refractivity (Wildman–Crippen MR) is 110 cm³/mol. The van der Waals surface area contributed by atoms with E-state index in [4.69, 9.17) is 9.47 Å². The standard InChI is InChI=1S/C21H30N4O4/c1-15(24-7-9-28-10-8-24)13-25-14-17-11-16(12-22-19(17)23-20(25)27)5-6-18(26)29-21(2,3)4/h5-6,11-12,15H,7-10,13-14H2,1-4H3,(H,22,23,27). The molecule has 1 unspecified atom stereocenters. The summed E-state index contributed by atoms with van der Waals surface area (Å²) in [4.78, 5) is 32.8. The van der Waals surface area contributed by atoms with Gasteiger partial charge in [0.25, 0.3) is 0 Å². The second-order valence-corrected chi connectivity index (χ2v) is 8.45. The highest BCUT2D eigenvalue weighted by atomic mass is 16.6. The molecule has 1 N–H and O–H groups in total. The number of amides is 2. The van der Waals surface area contributed by atoms with E-state index in [1.54, 1.807) is 17.2 Å². The van der Waals surface area contributed by atoms with E-state index in [-0.39, 0.29) is 12.1 Å². The fourth-order valence-electron chi connectivity index (χ4n) is 3.41. The van der Waals surface area contributed by atoms with Gasteiger partial charge in [0.1, 0.15) is 11.4 Å². The van der Waals surface area contributed by atoms with Crippen molar-refractivity contribution in [1.29, 1.82) is 0 Å². The van der Waals surface area contributed by atoms with Crippen molar-refractivity contribution < 1.29 is 19.1 Å². The molecule has 0 bridgehead atoms. The van der Waals surface area contributed by atoms with E-state index in [9.17, 15) is 9.59 Å². The van der Waals surface area contributed by atoms with Crippen molar-refractivity contribution in [3.05, 3.63) is 29.5 Å². The molecule has 0 spiro atoms. The maximum absolute atomic E-state index is 12.5. The van der Waals surface area contributed by atoms with Crippen molar-refractivity contribution in [2.45, 2.75) is 45.9 Å². The van der Waals surface area contributed by atoms with Gasteiger partial charge in [0, 0.05) is 43.5 Å². The van der Waals surface area contributed by atoms with Crippen LogP contribution in [0, 0.1) is 0 Å². The van der Waals surface area contributed by atoms with Crippen molar-refractivity contribution in [3.8, 4) is 0 Å². The summed E-state index contributed by atoms with van der Waals surface area (Å²) in [6.07, 6.45) is 4.71. The van der Waals surface area contributed by atoms with Gasteiger partial charge in [0.05, 0.1) is 19.8 Å². The first-order valence-electron chi connectivity index (χ1n) is 9.99. The third kappa shape index (κ3) is 6.01. The second kappa shape index (κ2) is 8.92. The van der Waals surface area contributed by atoms with E-state index in [0.29, 0.717) is 18.9 Å². The Morgan fingerprint density at radius 3 is 2.79 bits per heavy atom. The van der Waals surface area contributed by atoms with Gasteiger partial charge in [-0.05, 0) is 45.4 Å². The highest BCUT2D eigenvalue weighted by Crippen LogP contribution is 2.23. The molecular weight excluding hydrogens is 372 g/mol. The summed E-state index contributed by atoms with van der Waals surface area (Å²) in [5.41, 5.74) is 1.18. The molecule has 2 amide bonds. The number of hydrogen-bond acceptors (Lipinski definition) is 6. The largest absolute Gasteiger partial charge is 0.457 e. The molecule has 8 heteroatoms. The SMILES string of the molecule is CC(CN1Cc2cc(C=CC(=O)OC(C)(C)C)cnc2NC1=O)N1CCOCC1. The third-order valence-corrected chi connectivity index (χ3v) is 4.83. The summed E-state index contributed by atoms with van der Waals surface area (Å²) in [5, 5.41) is 2.86. The smallest absolute Gasteiger partial charge is 0.331 e. The molecule has 158 valence electrons. The quantitative estimate of drug-likeness (QED) is 0.602. The number of anilines is 1.